The van der Waals surface area contributed by atoms with Crippen LogP contribution in [0.5, 0.6) is 0 Å². The monoisotopic (exact) mass is 295 g/mol. The zero-order valence-corrected chi connectivity index (χ0v) is 10.5. The van der Waals surface area contributed by atoms with Gasteiger partial charge in [-0.25, -0.2) is 0 Å². The number of benzene rings is 1. The van der Waals surface area contributed by atoms with E-state index in [0.29, 0.717) is 0 Å². The van der Waals surface area contributed by atoms with Crippen molar-refractivity contribution >= 4 is 35.9 Å². The van der Waals surface area contributed by atoms with E-state index in [2.05, 4.69) is 29.0 Å². The Labute approximate surface area is 95.5 Å². The van der Waals surface area contributed by atoms with E-state index in [-0.39, 0.29) is 24.0 Å². The maximum Gasteiger partial charge on any atom is 0.0324 e. The highest BCUT2D eigenvalue weighted by molar-refractivity contribution is 14.0. The maximum absolute atomic E-state index is 3.20. The molecule has 0 saturated heterocycles. The minimum Gasteiger partial charge on any atom is -0.255 e. The first-order valence-electron chi connectivity index (χ1n) is 3.94. The molecule has 0 amide bonds. The molecule has 0 unspecified atom stereocenters. The van der Waals surface area contributed by atoms with E-state index in [9.17, 15) is 0 Å². The first-order chi connectivity index (χ1) is 5.47. The van der Waals surface area contributed by atoms with Gasteiger partial charge in [-0.05, 0) is 23.6 Å². The van der Waals surface area contributed by atoms with Crippen molar-refractivity contribution in [3.05, 3.63) is 29.8 Å². The minimum absolute atomic E-state index is 0. The summed E-state index contributed by atoms with van der Waals surface area (Å²) >= 11 is 1.72. The van der Waals surface area contributed by atoms with Gasteiger partial charge in [0.15, 0.2) is 0 Å². The molecule has 0 spiro atoms. The van der Waals surface area contributed by atoms with Crippen molar-refractivity contribution in [3.8, 4) is 0 Å². The van der Waals surface area contributed by atoms with Crippen LogP contribution < -0.4 is 4.72 Å². The second kappa shape index (κ2) is 6.74. The van der Waals surface area contributed by atoms with E-state index in [4.69, 9.17) is 0 Å². The Morgan fingerprint density at radius 2 is 1.92 bits per heavy atom. The molecule has 1 aliphatic heterocycles. The lowest BCUT2D eigenvalue weighted by Gasteiger charge is -1.90. The van der Waals surface area contributed by atoms with Gasteiger partial charge in [-0.1, -0.05) is 32.0 Å². The zero-order chi connectivity index (χ0) is 8.10. The van der Waals surface area contributed by atoms with E-state index in [1.165, 1.54) is 10.5 Å². The summed E-state index contributed by atoms with van der Waals surface area (Å²) in [5, 5.41) is 0. The Balaban J connectivity index is 0.000000378. The first-order valence-corrected chi connectivity index (χ1v) is 4.76. The third-order valence-electron chi connectivity index (χ3n) is 1.42. The molecule has 0 atom stereocenters. The summed E-state index contributed by atoms with van der Waals surface area (Å²) in [5.41, 5.74) is 1.42. The molecule has 1 N–H and O–H groups in total. The van der Waals surface area contributed by atoms with Crippen LogP contribution in [0.15, 0.2) is 29.2 Å². The standard InChI is InChI=1S/C7H7NS.C2H6.HI/c1-2-4-7-6(3-1)5-8-9-7;1-2;/h1-4,8H,5H2;1-2H3;1H. The van der Waals surface area contributed by atoms with Crippen molar-refractivity contribution in [2.45, 2.75) is 25.3 Å². The van der Waals surface area contributed by atoms with Crippen LogP contribution >= 0.6 is 35.9 Å². The molecule has 0 bridgehead atoms. The number of fused-ring (bicyclic) bond motifs is 1. The van der Waals surface area contributed by atoms with E-state index >= 15 is 0 Å². The molecule has 0 aliphatic carbocycles. The molecule has 2 rings (SSSR count). The third kappa shape index (κ3) is 2.95. The summed E-state index contributed by atoms with van der Waals surface area (Å²) in [6.07, 6.45) is 0. The van der Waals surface area contributed by atoms with Gasteiger partial charge in [0.1, 0.15) is 0 Å². The van der Waals surface area contributed by atoms with Gasteiger partial charge in [0, 0.05) is 11.4 Å². The molecular formula is C9H14INS. The number of hydrogen-bond donors (Lipinski definition) is 1. The van der Waals surface area contributed by atoms with Crippen LogP contribution in [0, 0.1) is 0 Å². The van der Waals surface area contributed by atoms with Crippen LogP contribution in [-0.4, -0.2) is 0 Å². The first kappa shape index (κ1) is 12.3. The van der Waals surface area contributed by atoms with E-state index in [1.807, 2.05) is 13.8 Å². The molecule has 1 aromatic rings. The Bertz CT molecular complexity index is 205. The molecule has 1 heterocycles. The van der Waals surface area contributed by atoms with Crippen LogP contribution in [0.25, 0.3) is 0 Å². The van der Waals surface area contributed by atoms with Gasteiger partial charge in [0.05, 0.1) is 0 Å². The predicted octanol–water partition coefficient (Wildman–Crippen LogP) is 3.44. The van der Waals surface area contributed by atoms with Crippen molar-refractivity contribution in [2.24, 2.45) is 0 Å². The van der Waals surface area contributed by atoms with Gasteiger partial charge in [0.2, 0.25) is 0 Å². The second-order valence-electron chi connectivity index (χ2n) is 2.03. The van der Waals surface area contributed by atoms with Crippen LogP contribution in [0.1, 0.15) is 19.4 Å². The zero-order valence-electron chi connectivity index (χ0n) is 7.33. The van der Waals surface area contributed by atoms with Crippen molar-refractivity contribution in [3.63, 3.8) is 0 Å². The lowest BCUT2D eigenvalue weighted by Crippen LogP contribution is -1.90. The summed E-state index contributed by atoms with van der Waals surface area (Å²) in [6, 6.07) is 8.44. The van der Waals surface area contributed by atoms with Gasteiger partial charge >= 0.3 is 0 Å². The number of hydrogen-bond acceptors (Lipinski definition) is 2. The Kier molecular flexibility index (Phi) is 6.89. The van der Waals surface area contributed by atoms with Crippen LogP contribution in [0.3, 0.4) is 0 Å². The van der Waals surface area contributed by atoms with Gasteiger partial charge < -0.3 is 0 Å². The number of rotatable bonds is 0. The second-order valence-corrected chi connectivity index (χ2v) is 2.96. The summed E-state index contributed by atoms with van der Waals surface area (Å²) in [4.78, 5) is 1.37. The molecule has 0 aromatic heterocycles. The molecule has 1 nitrogen and oxygen atoms in total. The van der Waals surface area contributed by atoms with Crippen molar-refractivity contribution in [2.75, 3.05) is 0 Å². The topological polar surface area (TPSA) is 12.0 Å². The molecule has 0 fully saturated rings. The molecule has 0 radical (unpaired) electrons. The molecule has 1 aliphatic rings. The quantitative estimate of drug-likeness (QED) is 0.581. The average molecular weight is 295 g/mol. The van der Waals surface area contributed by atoms with Gasteiger partial charge in [-0.3, -0.25) is 4.72 Å². The Hall–Kier alpha value is 0.260. The lowest BCUT2D eigenvalue weighted by atomic mass is 10.2. The normalized spacial score (nSPS) is 12.2. The smallest absolute Gasteiger partial charge is 0.0324 e. The van der Waals surface area contributed by atoms with E-state index in [0.717, 1.165) is 6.54 Å². The van der Waals surface area contributed by atoms with Crippen LogP contribution in [-0.2, 0) is 6.54 Å². The van der Waals surface area contributed by atoms with Gasteiger partial charge in [-0.2, -0.15) is 0 Å². The molecular weight excluding hydrogens is 281 g/mol. The van der Waals surface area contributed by atoms with Crippen molar-refractivity contribution in [1.82, 2.24) is 4.72 Å². The van der Waals surface area contributed by atoms with Crippen molar-refractivity contribution in [1.29, 1.82) is 0 Å². The maximum atomic E-state index is 3.20. The highest BCUT2D eigenvalue weighted by Gasteiger charge is 2.07. The van der Waals surface area contributed by atoms with E-state index < -0.39 is 0 Å². The molecule has 3 heteroatoms. The fraction of sp³-hybridized carbons (Fsp3) is 0.333. The van der Waals surface area contributed by atoms with Crippen LogP contribution in [0.4, 0.5) is 0 Å². The van der Waals surface area contributed by atoms with E-state index in [1.54, 1.807) is 11.9 Å². The van der Waals surface area contributed by atoms with Crippen molar-refractivity contribution < 1.29 is 0 Å². The molecule has 0 saturated carbocycles. The third-order valence-corrected chi connectivity index (χ3v) is 2.32. The number of nitrogens with one attached hydrogen (secondary N) is 1. The highest BCUT2D eigenvalue weighted by atomic mass is 127. The summed E-state index contributed by atoms with van der Waals surface area (Å²) in [6.45, 7) is 5.01. The van der Waals surface area contributed by atoms with Gasteiger partial charge in [0.25, 0.3) is 0 Å². The fourth-order valence-corrected chi connectivity index (χ4v) is 1.74. The molecule has 1 aromatic carbocycles. The number of halogens is 1. The Morgan fingerprint density at radius 3 is 2.58 bits per heavy atom. The summed E-state index contributed by atoms with van der Waals surface area (Å²) in [7, 11) is 0. The minimum atomic E-state index is 0. The lowest BCUT2D eigenvalue weighted by molar-refractivity contribution is 0.994. The van der Waals surface area contributed by atoms with Gasteiger partial charge in [-0.15, -0.1) is 24.0 Å². The predicted molar refractivity (Wildman–Crippen MR) is 65.9 cm³/mol. The average Bonchev–Trinajstić information content (AvgIpc) is 2.55. The van der Waals surface area contributed by atoms with Crippen LogP contribution in [0.2, 0.25) is 0 Å². The fourth-order valence-electron chi connectivity index (χ4n) is 0.941. The SMILES string of the molecule is CC.I.c1ccc2c(c1)CNS2. The highest BCUT2D eigenvalue weighted by Crippen LogP contribution is 2.25. The summed E-state index contributed by atoms with van der Waals surface area (Å²) < 4.78 is 3.20. The molecule has 68 valence electrons. The Morgan fingerprint density at radius 1 is 1.25 bits per heavy atom. The largest absolute Gasteiger partial charge is 0.255 e. The summed E-state index contributed by atoms with van der Waals surface area (Å²) in [5.74, 6) is 0. The molecule has 12 heavy (non-hydrogen) atoms.